The van der Waals surface area contributed by atoms with Crippen LogP contribution in [0.1, 0.15) is 0 Å². The molecule has 1 heterocycles. The molecule has 0 atom stereocenters. The summed E-state index contributed by atoms with van der Waals surface area (Å²) in [4.78, 5) is 4.70. The van der Waals surface area contributed by atoms with Crippen molar-refractivity contribution < 1.29 is 4.42 Å². The van der Waals surface area contributed by atoms with Gasteiger partial charge in [-0.25, -0.2) is 0 Å². The Bertz CT molecular complexity index is 2880. The van der Waals surface area contributed by atoms with Crippen LogP contribution in [0.3, 0.4) is 0 Å². The third-order valence-corrected chi connectivity index (χ3v) is 9.94. The van der Waals surface area contributed by atoms with E-state index in [0.717, 1.165) is 56.1 Å². The normalized spacial score (nSPS) is 11.5. The molecule has 3 nitrogen and oxygen atoms in total. The van der Waals surface area contributed by atoms with Crippen molar-refractivity contribution in [2.45, 2.75) is 0 Å². The number of para-hydroxylation sites is 2. The van der Waals surface area contributed by atoms with Gasteiger partial charge in [0.15, 0.2) is 5.58 Å². The van der Waals surface area contributed by atoms with Crippen molar-refractivity contribution in [3.63, 3.8) is 0 Å². The number of fused-ring (bicyclic) bond motifs is 7. The van der Waals surface area contributed by atoms with Gasteiger partial charge >= 0.3 is 0 Å². The minimum atomic E-state index is 0.841. The summed E-state index contributed by atoms with van der Waals surface area (Å²) in [5.74, 6) is 0. The van der Waals surface area contributed by atoms with E-state index in [4.69, 9.17) is 4.42 Å². The molecule has 3 heteroatoms. The van der Waals surface area contributed by atoms with Crippen LogP contribution < -0.4 is 9.80 Å². The second kappa shape index (κ2) is 11.9. The molecule has 9 aromatic carbocycles. The summed E-state index contributed by atoms with van der Waals surface area (Å²) in [6.07, 6.45) is 0. The first kappa shape index (κ1) is 29.1. The van der Waals surface area contributed by atoms with Crippen LogP contribution in [0.5, 0.6) is 0 Å². The third kappa shape index (κ3) is 4.98. The summed E-state index contributed by atoms with van der Waals surface area (Å²) in [5, 5.41) is 9.33. The van der Waals surface area contributed by atoms with Gasteiger partial charge in [0.25, 0.3) is 0 Å². The maximum Gasteiger partial charge on any atom is 0.159 e. The van der Waals surface area contributed by atoms with Gasteiger partial charge in [-0.2, -0.15) is 0 Å². The van der Waals surface area contributed by atoms with E-state index in [1.54, 1.807) is 0 Å². The monoisotopic (exact) mass is 652 g/mol. The smallest absolute Gasteiger partial charge is 0.159 e. The topological polar surface area (TPSA) is 19.6 Å². The second-order valence-electron chi connectivity index (χ2n) is 13.0. The Kier molecular flexibility index (Phi) is 6.81. The quantitative estimate of drug-likeness (QED) is 0.178. The lowest BCUT2D eigenvalue weighted by Crippen LogP contribution is -2.13. The highest BCUT2D eigenvalue weighted by molar-refractivity contribution is 6.22. The van der Waals surface area contributed by atoms with Crippen LogP contribution >= 0.6 is 0 Å². The van der Waals surface area contributed by atoms with Crippen molar-refractivity contribution in [2.24, 2.45) is 0 Å². The molecule has 0 radical (unpaired) electrons. The Balaban J connectivity index is 1.32. The minimum absolute atomic E-state index is 0.841. The van der Waals surface area contributed by atoms with Gasteiger partial charge in [0.05, 0.1) is 5.69 Å². The summed E-state index contributed by atoms with van der Waals surface area (Å²) in [7, 11) is 0. The molecule has 0 saturated heterocycles. The highest BCUT2D eigenvalue weighted by atomic mass is 16.3. The van der Waals surface area contributed by atoms with Gasteiger partial charge in [-0.15, -0.1) is 0 Å². The van der Waals surface area contributed by atoms with E-state index in [0.29, 0.717) is 0 Å². The van der Waals surface area contributed by atoms with Crippen molar-refractivity contribution in [2.75, 3.05) is 9.80 Å². The predicted octanol–water partition coefficient (Wildman–Crippen LogP) is 14.0. The summed E-state index contributed by atoms with van der Waals surface area (Å²) in [6, 6.07) is 69.2. The van der Waals surface area contributed by atoms with Crippen LogP contribution in [0.15, 0.2) is 199 Å². The van der Waals surface area contributed by atoms with Crippen LogP contribution in [-0.4, -0.2) is 0 Å². The van der Waals surface area contributed by atoms with E-state index >= 15 is 0 Å². The lowest BCUT2D eigenvalue weighted by atomic mass is 10.0. The predicted molar refractivity (Wildman–Crippen MR) is 216 cm³/mol. The van der Waals surface area contributed by atoms with Gasteiger partial charge < -0.3 is 14.2 Å². The maximum absolute atomic E-state index is 6.95. The first-order valence-corrected chi connectivity index (χ1v) is 17.3. The zero-order valence-electron chi connectivity index (χ0n) is 27.8. The van der Waals surface area contributed by atoms with E-state index in [1.807, 2.05) is 0 Å². The van der Waals surface area contributed by atoms with Gasteiger partial charge in [0, 0.05) is 39.2 Å². The summed E-state index contributed by atoms with van der Waals surface area (Å²) in [6.45, 7) is 0. The molecule has 0 spiro atoms. The summed E-state index contributed by atoms with van der Waals surface area (Å²) in [5.41, 5.74) is 7.98. The number of hydrogen-bond donors (Lipinski definition) is 0. The zero-order chi connectivity index (χ0) is 33.7. The van der Waals surface area contributed by atoms with E-state index < -0.39 is 0 Å². The number of anilines is 6. The average molecular weight is 653 g/mol. The zero-order valence-corrected chi connectivity index (χ0v) is 27.8. The van der Waals surface area contributed by atoms with Crippen LogP contribution in [0, 0.1) is 0 Å². The maximum atomic E-state index is 6.95. The molecule has 0 amide bonds. The van der Waals surface area contributed by atoms with Gasteiger partial charge in [-0.1, -0.05) is 127 Å². The Hall–Kier alpha value is -6.84. The summed E-state index contributed by atoms with van der Waals surface area (Å²) < 4.78 is 6.95. The number of rotatable bonds is 6. The fourth-order valence-electron chi connectivity index (χ4n) is 7.57. The molecule has 0 saturated carbocycles. The molecule has 0 aliphatic rings. The van der Waals surface area contributed by atoms with Crippen molar-refractivity contribution in [3.05, 3.63) is 194 Å². The van der Waals surface area contributed by atoms with Crippen molar-refractivity contribution in [1.82, 2.24) is 0 Å². The molecule has 0 fully saturated rings. The number of hydrogen-bond acceptors (Lipinski definition) is 3. The second-order valence-corrected chi connectivity index (χ2v) is 13.0. The lowest BCUT2D eigenvalue weighted by Gasteiger charge is -2.30. The van der Waals surface area contributed by atoms with Crippen molar-refractivity contribution in [1.29, 1.82) is 0 Å². The van der Waals surface area contributed by atoms with Crippen LogP contribution in [-0.2, 0) is 0 Å². The van der Waals surface area contributed by atoms with E-state index in [1.165, 1.54) is 32.3 Å². The number of furan rings is 1. The van der Waals surface area contributed by atoms with Gasteiger partial charge in [0.1, 0.15) is 5.58 Å². The van der Waals surface area contributed by atoms with Crippen LogP contribution in [0.2, 0.25) is 0 Å². The number of benzene rings is 9. The largest absolute Gasteiger partial charge is 0.454 e. The van der Waals surface area contributed by atoms with Crippen molar-refractivity contribution in [3.8, 4) is 0 Å². The standard InChI is InChI=1S/C48H32N2O/c1-3-18-38(19-4-1)49(40-26-23-33-13-7-9-16-36(33)29-40)42-31-44-47-43-22-12-11-15-35(43)25-28-46(47)51-48(44)45(32-42)50(39-20-5-2-6-21-39)41-27-24-34-14-8-10-17-37(34)30-41/h1-32H. The lowest BCUT2D eigenvalue weighted by molar-refractivity contribution is 0.669. The Morgan fingerprint density at radius 2 is 0.824 bits per heavy atom. The van der Waals surface area contributed by atoms with Gasteiger partial charge in [-0.05, 0) is 99.0 Å². The SMILES string of the molecule is c1ccc(N(c2ccc3ccccc3c2)c2cc(N(c3ccccc3)c3ccc4ccccc4c3)c3oc4ccc5ccccc5c4c3c2)cc1. The Morgan fingerprint density at radius 3 is 1.47 bits per heavy atom. The molecule has 240 valence electrons. The molecule has 1 aromatic heterocycles. The first-order chi connectivity index (χ1) is 25.3. The van der Waals surface area contributed by atoms with Crippen LogP contribution in [0.25, 0.3) is 54.3 Å². The molecule has 0 N–H and O–H groups in total. The van der Waals surface area contributed by atoms with Crippen molar-refractivity contribution >= 4 is 88.4 Å². The fraction of sp³-hybridized carbons (Fsp3) is 0. The summed E-state index contributed by atoms with van der Waals surface area (Å²) >= 11 is 0. The fourth-order valence-corrected chi connectivity index (χ4v) is 7.57. The number of nitrogens with zero attached hydrogens (tertiary/aromatic N) is 2. The molecule has 0 bridgehead atoms. The van der Waals surface area contributed by atoms with E-state index in [-0.39, 0.29) is 0 Å². The molecule has 10 rings (SSSR count). The molecular weight excluding hydrogens is 621 g/mol. The molecule has 51 heavy (non-hydrogen) atoms. The Morgan fingerprint density at radius 1 is 0.314 bits per heavy atom. The van der Waals surface area contributed by atoms with E-state index in [9.17, 15) is 0 Å². The van der Waals surface area contributed by atoms with E-state index in [2.05, 4.69) is 204 Å². The average Bonchev–Trinajstić information content (AvgIpc) is 3.58. The molecule has 0 aliphatic heterocycles. The van der Waals surface area contributed by atoms with Crippen LogP contribution in [0.4, 0.5) is 34.1 Å². The molecule has 0 aliphatic carbocycles. The molecular formula is C48H32N2O. The van der Waals surface area contributed by atoms with Gasteiger partial charge in [0.2, 0.25) is 0 Å². The highest BCUT2D eigenvalue weighted by Gasteiger charge is 2.24. The first-order valence-electron chi connectivity index (χ1n) is 17.3. The molecule has 0 unspecified atom stereocenters. The van der Waals surface area contributed by atoms with Gasteiger partial charge in [-0.3, -0.25) is 0 Å². The third-order valence-electron chi connectivity index (χ3n) is 9.94. The highest BCUT2D eigenvalue weighted by Crippen LogP contribution is 2.48. The Labute approximate surface area is 295 Å². The molecule has 10 aromatic rings. The minimum Gasteiger partial charge on any atom is -0.454 e.